The number of carbonyl (C=O) groups excluding carboxylic acids is 1. The molecule has 8 nitrogen and oxygen atoms in total. The van der Waals surface area contributed by atoms with Crippen molar-refractivity contribution in [2.24, 2.45) is 4.40 Å². The minimum absolute atomic E-state index is 0.117. The second-order valence-electron chi connectivity index (χ2n) is 3.97. The van der Waals surface area contributed by atoms with E-state index in [0.717, 1.165) is 18.2 Å². The number of rotatable bonds is 9. The first kappa shape index (κ1) is 18.9. The lowest BCUT2D eigenvalue weighted by Crippen LogP contribution is -2.32. The van der Waals surface area contributed by atoms with Crippen LogP contribution < -0.4 is 0 Å². The molecule has 0 bridgehead atoms. The highest BCUT2D eigenvalue weighted by molar-refractivity contribution is 7.92. The van der Waals surface area contributed by atoms with Gasteiger partial charge in [0.25, 0.3) is 26.1 Å². The van der Waals surface area contributed by atoms with E-state index in [1.807, 2.05) is 0 Å². The van der Waals surface area contributed by atoms with E-state index in [-0.39, 0.29) is 13.2 Å². The quantitative estimate of drug-likeness (QED) is 0.282. The maximum atomic E-state index is 12.6. The number of isocyanates is 1. The molecule has 0 atom stereocenters. The summed E-state index contributed by atoms with van der Waals surface area (Å²) in [5, 5.41) is 0. The smallest absolute Gasteiger partial charge is 0.280 e. The molecule has 0 spiro atoms. The molecular formula is C13H14N2O6S2. The van der Waals surface area contributed by atoms with Crippen molar-refractivity contribution in [1.29, 1.82) is 0 Å². The van der Waals surface area contributed by atoms with Crippen LogP contribution in [-0.2, 0) is 29.7 Å². The molecule has 23 heavy (non-hydrogen) atoms. The summed E-state index contributed by atoms with van der Waals surface area (Å²) in [4.78, 5) is 14.1. The van der Waals surface area contributed by atoms with Gasteiger partial charge in [0.15, 0.2) is 0 Å². The zero-order valence-corrected chi connectivity index (χ0v) is 13.6. The molecule has 0 saturated heterocycles. The Morgan fingerprint density at radius 1 is 1.13 bits per heavy atom. The highest BCUT2D eigenvalue weighted by atomic mass is 32.2. The number of hydroxylamine groups is 1. The Balaban J connectivity index is 3.52. The Labute approximate surface area is 134 Å². The molecule has 0 aliphatic heterocycles. The average molecular weight is 358 g/mol. The van der Waals surface area contributed by atoms with Crippen molar-refractivity contribution in [3.8, 4) is 0 Å². The molecule has 124 valence electrons. The molecule has 0 saturated carbocycles. The third-order valence-electron chi connectivity index (χ3n) is 2.45. The predicted octanol–water partition coefficient (Wildman–Crippen LogP) is 1.01. The van der Waals surface area contributed by atoms with Gasteiger partial charge < -0.3 is 0 Å². The Kier molecular flexibility index (Phi) is 6.55. The summed E-state index contributed by atoms with van der Waals surface area (Å²) in [7, 11) is -8.84. The van der Waals surface area contributed by atoms with Crippen LogP contribution in [0.1, 0.15) is 0 Å². The normalized spacial score (nSPS) is 11.7. The molecule has 10 heteroatoms. The van der Waals surface area contributed by atoms with Crippen LogP contribution in [0.3, 0.4) is 0 Å². The average Bonchev–Trinajstić information content (AvgIpc) is 2.51. The first-order valence-electron chi connectivity index (χ1n) is 6.12. The number of sulfonamides is 2. The summed E-state index contributed by atoms with van der Waals surface area (Å²) in [6, 6.07) is 4.71. The van der Waals surface area contributed by atoms with E-state index in [1.165, 1.54) is 24.3 Å². The third kappa shape index (κ3) is 4.44. The van der Waals surface area contributed by atoms with Gasteiger partial charge in [-0.25, -0.2) is 13.2 Å². The van der Waals surface area contributed by atoms with Crippen molar-refractivity contribution >= 4 is 26.1 Å². The maximum Gasteiger partial charge on any atom is 0.294 e. The number of hydrogen-bond donors (Lipinski definition) is 0. The molecule has 0 fully saturated rings. The largest absolute Gasteiger partial charge is 0.294 e. The van der Waals surface area contributed by atoms with Crippen LogP contribution in [0, 0.1) is 0 Å². The fraction of sp³-hybridized carbons (Fsp3) is 0.154. The van der Waals surface area contributed by atoms with E-state index in [1.54, 1.807) is 0 Å². The fourth-order valence-electron chi connectivity index (χ4n) is 1.55. The lowest BCUT2D eigenvalue weighted by molar-refractivity contribution is -0.0613. The zero-order chi connectivity index (χ0) is 17.5. The van der Waals surface area contributed by atoms with Crippen molar-refractivity contribution in [1.82, 2.24) is 4.47 Å². The van der Waals surface area contributed by atoms with Gasteiger partial charge in [-0.3, -0.25) is 4.84 Å². The molecule has 0 aromatic heterocycles. The van der Waals surface area contributed by atoms with Crippen molar-refractivity contribution in [3.63, 3.8) is 0 Å². The molecule has 1 aromatic carbocycles. The van der Waals surface area contributed by atoms with Gasteiger partial charge in [0.1, 0.15) is 9.79 Å². The third-order valence-corrected chi connectivity index (χ3v) is 5.50. The van der Waals surface area contributed by atoms with Crippen LogP contribution in [0.5, 0.6) is 0 Å². The molecule has 1 aromatic rings. The van der Waals surface area contributed by atoms with E-state index in [0.29, 0.717) is 4.47 Å². The van der Waals surface area contributed by atoms with Crippen LogP contribution in [0.25, 0.3) is 0 Å². The van der Waals surface area contributed by atoms with E-state index >= 15 is 0 Å². The lowest BCUT2D eigenvalue weighted by atomic mass is 10.4. The van der Waals surface area contributed by atoms with Gasteiger partial charge >= 0.3 is 0 Å². The van der Waals surface area contributed by atoms with Crippen molar-refractivity contribution in [3.05, 3.63) is 49.6 Å². The Hall–Kier alpha value is -2.10. The second-order valence-corrected chi connectivity index (χ2v) is 7.34. The highest BCUT2D eigenvalue weighted by Gasteiger charge is 2.31. The van der Waals surface area contributed by atoms with Crippen molar-refractivity contribution in [2.45, 2.75) is 9.79 Å². The minimum Gasteiger partial charge on any atom is -0.280 e. The Morgan fingerprint density at radius 3 is 2.26 bits per heavy atom. The summed E-state index contributed by atoms with van der Waals surface area (Å²) in [6.07, 6.45) is 3.48. The van der Waals surface area contributed by atoms with Crippen LogP contribution in [0.15, 0.2) is 63.8 Å². The lowest BCUT2D eigenvalue weighted by Gasteiger charge is -2.20. The van der Waals surface area contributed by atoms with E-state index < -0.39 is 29.8 Å². The molecule has 0 aliphatic rings. The molecular weight excluding hydrogens is 344 g/mol. The SMILES string of the molecule is C=CCON(CC=C)S(=O)(=O)c1ccccc1S(=O)(=O)N=C=O. The number of hydrogen-bond acceptors (Lipinski definition) is 6. The standard InChI is InChI=1S/C13H14N2O6S2/c1-3-9-15(21-10-4-2)23(19,20)13-8-6-5-7-12(13)22(17,18)14-11-16/h3-8H,1-2,9-10H2. The molecule has 0 unspecified atom stereocenters. The van der Waals surface area contributed by atoms with E-state index in [9.17, 15) is 21.6 Å². The van der Waals surface area contributed by atoms with Gasteiger partial charge in [0.05, 0.1) is 13.2 Å². The Bertz CT molecular complexity index is 839. The molecule has 1 rings (SSSR count). The number of benzene rings is 1. The molecule has 0 aliphatic carbocycles. The van der Waals surface area contributed by atoms with E-state index in [4.69, 9.17) is 4.84 Å². The number of nitrogens with zero attached hydrogens (tertiary/aromatic N) is 2. The summed E-state index contributed by atoms with van der Waals surface area (Å²) >= 11 is 0. The molecule has 0 amide bonds. The first-order chi connectivity index (χ1) is 10.8. The maximum absolute atomic E-state index is 12.6. The van der Waals surface area contributed by atoms with Gasteiger partial charge in [-0.05, 0) is 12.1 Å². The monoisotopic (exact) mass is 358 g/mol. The summed E-state index contributed by atoms with van der Waals surface area (Å²) in [6.45, 7) is 6.48. The van der Waals surface area contributed by atoms with Crippen molar-refractivity contribution in [2.75, 3.05) is 13.2 Å². The van der Waals surface area contributed by atoms with Gasteiger partial charge in [-0.2, -0.15) is 8.42 Å². The van der Waals surface area contributed by atoms with E-state index in [2.05, 4.69) is 17.6 Å². The van der Waals surface area contributed by atoms with Gasteiger partial charge in [-0.15, -0.1) is 13.2 Å². The minimum atomic E-state index is -4.50. The topological polar surface area (TPSA) is 110 Å². The van der Waals surface area contributed by atoms with Gasteiger partial charge in [-0.1, -0.05) is 33.2 Å². The summed E-state index contributed by atoms with van der Waals surface area (Å²) in [5.74, 6) is 0. The zero-order valence-electron chi connectivity index (χ0n) is 12.0. The Morgan fingerprint density at radius 2 is 1.74 bits per heavy atom. The van der Waals surface area contributed by atoms with Crippen LogP contribution in [0.4, 0.5) is 0 Å². The van der Waals surface area contributed by atoms with Crippen LogP contribution >= 0.6 is 0 Å². The first-order valence-corrected chi connectivity index (χ1v) is 9.00. The fourth-order valence-corrected chi connectivity index (χ4v) is 4.24. The van der Waals surface area contributed by atoms with Gasteiger partial charge in [0, 0.05) is 0 Å². The molecule has 0 radical (unpaired) electrons. The van der Waals surface area contributed by atoms with Crippen molar-refractivity contribution < 1.29 is 26.5 Å². The second kappa shape index (κ2) is 7.95. The van der Waals surface area contributed by atoms with Crippen LogP contribution in [-0.4, -0.2) is 40.5 Å². The molecule has 0 N–H and O–H groups in total. The van der Waals surface area contributed by atoms with Gasteiger partial charge in [0.2, 0.25) is 0 Å². The van der Waals surface area contributed by atoms with Crippen LogP contribution in [0.2, 0.25) is 0 Å². The molecule has 0 heterocycles. The summed E-state index contributed by atoms with van der Waals surface area (Å²) in [5.41, 5.74) is 0. The summed E-state index contributed by atoms with van der Waals surface area (Å²) < 4.78 is 52.3. The predicted molar refractivity (Wildman–Crippen MR) is 82.0 cm³/mol. The highest BCUT2D eigenvalue weighted by Crippen LogP contribution is 2.25.